The van der Waals surface area contributed by atoms with Crippen LogP contribution in [0.5, 0.6) is 0 Å². The monoisotopic (exact) mass is 324 g/mol. The normalized spacial score (nSPS) is 12.0. The van der Waals surface area contributed by atoms with Gasteiger partial charge >= 0.3 is 0 Å². The number of aromatic nitrogens is 2. The number of nitrogens with zero attached hydrogens (tertiary/aromatic N) is 2. The maximum absolute atomic E-state index is 6.19. The van der Waals surface area contributed by atoms with Crippen LogP contribution in [0.2, 0.25) is 0 Å². The van der Waals surface area contributed by atoms with Crippen molar-refractivity contribution in [3.63, 3.8) is 0 Å². The van der Waals surface area contributed by atoms with Crippen molar-refractivity contribution in [1.29, 1.82) is 0 Å². The maximum Gasteiger partial charge on any atom is 0.181 e. The molecular formula is C21H12N2O2. The molecule has 3 aromatic heterocycles. The smallest absolute Gasteiger partial charge is 0.181 e. The number of para-hydroxylation sites is 2. The van der Waals surface area contributed by atoms with Gasteiger partial charge in [-0.15, -0.1) is 0 Å². The number of oxazole rings is 1. The van der Waals surface area contributed by atoms with Gasteiger partial charge in [0.15, 0.2) is 17.6 Å². The minimum absolute atomic E-state index is 0.786. The molecule has 0 aliphatic carbocycles. The molecule has 25 heavy (non-hydrogen) atoms. The summed E-state index contributed by atoms with van der Waals surface area (Å²) in [5.74, 6) is 0. The van der Waals surface area contributed by atoms with Crippen LogP contribution < -0.4 is 0 Å². The van der Waals surface area contributed by atoms with E-state index in [9.17, 15) is 0 Å². The predicted octanol–water partition coefficient (Wildman–Crippen LogP) is 5.67. The number of fused-ring (bicyclic) bond motifs is 6. The highest BCUT2D eigenvalue weighted by Gasteiger charge is 2.19. The lowest BCUT2D eigenvalue weighted by Gasteiger charge is -2.07. The molecule has 118 valence electrons. The van der Waals surface area contributed by atoms with Crippen molar-refractivity contribution in [3.05, 3.63) is 73.1 Å². The molecule has 0 spiro atoms. The molecular weight excluding hydrogens is 312 g/mol. The summed E-state index contributed by atoms with van der Waals surface area (Å²) in [4.78, 5) is 4.30. The Balaban J connectivity index is 1.85. The van der Waals surface area contributed by atoms with Crippen molar-refractivity contribution < 1.29 is 8.83 Å². The van der Waals surface area contributed by atoms with Gasteiger partial charge < -0.3 is 13.4 Å². The molecule has 4 nitrogen and oxygen atoms in total. The minimum Gasteiger partial charge on any atom is -0.454 e. The van der Waals surface area contributed by atoms with E-state index in [0.717, 1.165) is 49.8 Å². The Hall–Kier alpha value is -3.53. The number of benzene rings is 3. The van der Waals surface area contributed by atoms with Crippen LogP contribution in [0.4, 0.5) is 0 Å². The first-order valence-electron chi connectivity index (χ1n) is 8.14. The van der Waals surface area contributed by atoms with Crippen molar-refractivity contribution >= 4 is 44.1 Å². The Morgan fingerprint density at radius 1 is 0.800 bits per heavy atom. The molecule has 0 unspecified atom stereocenters. The molecule has 6 aromatic rings. The molecule has 0 atom stereocenters. The lowest BCUT2D eigenvalue weighted by Crippen LogP contribution is -1.93. The van der Waals surface area contributed by atoms with Crippen LogP contribution in [0.1, 0.15) is 0 Å². The molecule has 0 radical (unpaired) electrons. The molecule has 4 heteroatoms. The van der Waals surface area contributed by atoms with Crippen molar-refractivity contribution in [2.24, 2.45) is 0 Å². The van der Waals surface area contributed by atoms with E-state index in [4.69, 9.17) is 8.83 Å². The highest BCUT2D eigenvalue weighted by atomic mass is 16.3. The second-order valence-electron chi connectivity index (χ2n) is 6.13. The summed E-state index contributed by atoms with van der Waals surface area (Å²) in [7, 11) is 0. The Kier molecular flexibility index (Phi) is 2.32. The fourth-order valence-corrected chi connectivity index (χ4v) is 3.67. The van der Waals surface area contributed by atoms with Gasteiger partial charge in [-0.2, -0.15) is 0 Å². The molecule has 0 aliphatic rings. The summed E-state index contributed by atoms with van der Waals surface area (Å²) in [5, 5.41) is 2.21. The highest BCUT2D eigenvalue weighted by molar-refractivity contribution is 6.16. The summed E-state index contributed by atoms with van der Waals surface area (Å²) in [6.07, 6.45) is 1.48. The molecule has 0 amide bonds. The van der Waals surface area contributed by atoms with E-state index in [1.54, 1.807) is 0 Å². The van der Waals surface area contributed by atoms with Gasteiger partial charge in [0.05, 0.1) is 5.52 Å². The molecule has 0 aliphatic heterocycles. The van der Waals surface area contributed by atoms with Crippen LogP contribution in [0.25, 0.3) is 49.8 Å². The van der Waals surface area contributed by atoms with E-state index < -0.39 is 0 Å². The zero-order valence-corrected chi connectivity index (χ0v) is 13.1. The highest BCUT2D eigenvalue weighted by Crippen LogP contribution is 2.38. The van der Waals surface area contributed by atoms with Gasteiger partial charge in [0.1, 0.15) is 16.6 Å². The third kappa shape index (κ3) is 1.63. The van der Waals surface area contributed by atoms with Crippen molar-refractivity contribution in [3.8, 4) is 5.69 Å². The van der Waals surface area contributed by atoms with E-state index in [2.05, 4.69) is 39.9 Å². The van der Waals surface area contributed by atoms with Crippen LogP contribution in [0, 0.1) is 0 Å². The predicted molar refractivity (Wildman–Crippen MR) is 98.1 cm³/mol. The van der Waals surface area contributed by atoms with Crippen LogP contribution in [0.3, 0.4) is 0 Å². The summed E-state index contributed by atoms with van der Waals surface area (Å²) in [6.45, 7) is 0. The number of rotatable bonds is 1. The SMILES string of the molecule is c1ccc2c(c1)oc1c3ccccc3n(-c3ccc4ocnc4c3)c21. The lowest BCUT2D eigenvalue weighted by atomic mass is 10.2. The number of furan rings is 1. The fourth-order valence-electron chi connectivity index (χ4n) is 3.67. The molecule has 0 N–H and O–H groups in total. The Labute approximate surface area is 141 Å². The van der Waals surface area contributed by atoms with E-state index in [-0.39, 0.29) is 0 Å². The Bertz CT molecular complexity index is 1400. The van der Waals surface area contributed by atoms with Gasteiger partial charge in [-0.1, -0.05) is 24.3 Å². The Morgan fingerprint density at radius 2 is 1.64 bits per heavy atom. The quantitative estimate of drug-likeness (QED) is 0.391. The average Bonchev–Trinajstić information content (AvgIpc) is 3.33. The van der Waals surface area contributed by atoms with Crippen molar-refractivity contribution in [2.75, 3.05) is 0 Å². The molecule has 3 heterocycles. The van der Waals surface area contributed by atoms with E-state index in [1.807, 2.05) is 36.4 Å². The summed E-state index contributed by atoms with van der Waals surface area (Å²) >= 11 is 0. The van der Waals surface area contributed by atoms with Crippen molar-refractivity contribution in [2.45, 2.75) is 0 Å². The van der Waals surface area contributed by atoms with Crippen molar-refractivity contribution in [1.82, 2.24) is 9.55 Å². The molecule has 3 aromatic carbocycles. The summed E-state index contributed by atoms with van der Waals surface area (Å²) in [5.41, 5.74) is 6.68. The summed E-state index contributed by atoms with van der Waals surface area (Å²) < 4.78 is 13.8. The van der Waals surface area contributed by atoms with Gasteiger partial charge in [-0.05, 0) is 42.5 Å². The van der Waals surface area contributed by atoms with Crippen LogP contribution in [0.15, 0.2) is 82.0 Å². The third-order valence-corrected chi connectivity index (χ3v) is 4.75. The van der Waals surface area contributed by atoms with Gasteiger partial charge in [0, 0.05) is 16.5 Å². The molecule has 0 saturated heterocycles. The van der Waals surface area contributed by atoms with Gasteiger partial charge in [-0.3, -0.25) is 0 Å². The zero-order chi connectivity index (χ0) is 16.4. The zero-order valence-electron chi connectivity index (χ0n) is 13.1. The third-order valence-electron chi connectivity index (χ3n) is 4.75. The van der Waals surface area contributed by atoms with Crippen LogP contribution in [-0.2, 0) is 0 Å². The van der Waals surface area contributed by atoms with Crippen LogP contribution in [-0.4, -0.2) is 9.55 Å². The van der Waals surface area contributed by atoms with E-state index in [1.165, 1.54) is 6.39 Å². The molecule has 6 rings (SSSR count). The first-order chi connectivity index (χ1) is 12.4. The first kappa shape index (κ1) is 12.8. The second kappa shape index (κ2) is 4.51. The maximum atomic E-state index is 6.19. The first-order valence-corrected chi connectivity index (χ1v) is 8.14. The standard InChI is InChI=1S/C21H12N2O2/c1-3-7-17-14(5-1)21-20(15-6-2-4-8-18(15)25-21)23(17)13-9-10-19-16(11-13)22-12-24-19/h1-12H. The number of hydrogen-bond donors (Lipinski definition) is 0. The second-order valence-corrected chi connectivity index (χ2v) is 6.13. The molecule has 0 fully saturated rings. The summed E-state index contributed by atoms with van der Waals surface area (Å²) in [6, 6.07) is 22.5. The Morgan fingerprint density at radius 3 is 2.60 bits per heavy atom. The van der Waals surface area contributed by atoms with Gasteiger partial charge in [-0.25, -0.2) is 4.98 Å². The number of hydrogen-bond acceptors (Lipinski definition) is 3. The van der Waals surface area contributed by atoms with Crippen LogP contribution >= 0.6 is 0 Å². The largest absolute Gasteiger partial charge is 0.454 e. The molecule has 0 saturated carbocycles. The van der Waals surface area contributed by atoms with Gasteiger partial charge in [0.2, 0.25) is 0 Å². The lowest BCUT2D eigenvalue weighted by molar-refractivity contribution is 0.602. The molecule has 0 bridgehead atoms. The van der Waals surface area contributed by atoms with E-state index >= 15 is 0 Å². The van der Waals surface area contributed by atoms with Gasteiger partial charge in [0.25, 0.3) is 0 Å². The average molecular weight is 324 g/mol. The topological polar surface area (TPSA) is 44.1 Å². The fraction of sp³-hybridized carbons (Fsp3) is 0. The minimum atomic E-state index is 0.786. The van der Waals surface area contributed by atoms with E-state index in [0.29, 0.717) is 0 Å².